The molecule has 1 aromatic rings. The van der Waals surface area contributed by atoms with E-state index in [1.807, 2.05) is 0 Å². The zero-order chi connectivity index (χ0) is 12.8. The zero-order valence-corrected chi connectivity index (χ0v) is 9.80. The van der Waals surface area contributed by atoms with E-state index in [0.29, 0.717) is 6.42 Å². The normalized spacial score (nSPS) is 12.2. The molecule has 0 aliphatic carbocycles. The van der Waals surface area contributed by atoms with E-state index in [9.17, 15) is 13.6 Å². The number of carbonyl (C=O) groups is 1. The van der Waals surface area contributed by atoms with E-state index in [1.165, 1.54) is 7.11 Å². The quantitative estimate of drug-likeness (QED) is 0.804. The average Bonchev–Trinajstić information content (AvgIpc) is 2.33. The molecule has 0 spiro atoms. The van der Waals surface area contributed by atoms with Crippen LogP contribution in [0.1, 0.15) is 18.9 Å². The van der Waals surface area contributed by atoms with E-state index >= 15 is 0 Å². The first-order valence-corrected chi connectivity index (χ1v) is 5.33. The van der Waals surface area contributed by atoms with Gasteiger partial charge in [-0.1, -0.05) is 6.92 Å². The van der Waals surface area contributed by atoms with E-state index in [4.69, 9.17) is 0 Å². The topological polar surface area (TPSA) is 38.3 Å². The fraction of sp³-hybridized carbons (Fsp3) is 0.417. The molecule has 3 nitrogen and oxygen atoms in total. The van der Waals surface area contributed by atoms with Crippen LogP contribution in [0.2, 0.25) is 0 Å². The van der Waals surface area contributed by atoms with Crippen LogP contribution in [0.5, 0.6) is 0 Å². The second-order valence-electron chi connectivity index (χ2n) is 3.60. The lowest BCUT2D eigenvalue weighted by atomic mass is 10.1. The van der Waals surface area contributed by atoms with Gasteiger partial charge in [-0.05, 0) is 24.6 Å². The first-order chi connectivity index (χ1) is 8.08. The summed E-state index contributed by atoms with van der Waals surface area (Å²) in [7, 11) is 1.29. The van der Waals surface area contributed by atoms with Crippen molar-refractivity contribution in [1.82, 2.24) is 5.32 Å². The summed E-state index contributed by atoms with van der Waals surface area (Å²) in [6.07, 6.45) is 0.517. The molecular formula is C12H15F2NO2. The molecule has 0 radical (unpaired) electrons. The Morgan fingerprint density at radius 1 is 1.47 bits per heavy atom. The molecule has 0 fully saturated rings. The number of rotatable bonds is 5. The summed E-state index contributed by atoms with van der Waals surface area (Å²) in [5.74, 6) is -1.42. The maximum absolute atomic E-state index is 13.3. The molecule has 17 heavy (non-hydrogen) atoms. The van der Waals surface area contributed by atoms with Gasteiger partial charge in [0.15, 0.2) is 0 Å². The van der Waals surface area contributed by atoms with E-state index in [2.05, 4.69) is 10.1 Å². The third kappa shape index (κ3) is 3.78. The van der Waals surface area contributed by atoms with Gasteiger partial charge in [0.05, 0.1) is 7.11 Å². The molecule has 0 saturated heterocycles. The molecule has 1 unspecified atom stereocenters. The van der Waals surface area contributed by atoms with Crippen LogP contribution in [-0.2, 0) is 16.1 Å². The molecule has 0 aliphatic heterocycles. The van der Waals surface area contributed by atoms with Crippen LogP contribution in [0, 0.1) is 11.6 Å². The molecular weight excluding hydrogens is 228 g/mol. The summed E-state index contributed by atoms with van der Waals surface area (Å²) < 4.78 is 30.8. The smallest absolute Gasteiger partial charge is 0.322 e. The van der Waals surface area contributed by atoms with Gasteiger partial charge in [0.2, 0.25) is 0 Å². The molecule has 0 heterocycles. The second kappa shape index (κ2) is 6.30. The van der Waals surface area contributed by atoms with Crippen LogP contribution >= 0.6 is 0 Å². The highest BCUT2D eigenvalue weighted by molar-refractivity contribution is 5.75. The van der Waals surface area contributed by atoms with Crippen LogP contribution in [-0.4, -0.2) is 19.1 Å². The van der Waals surface area contributed by atoms with E-state index in [-0.39, 0.29) is 12.1 Å². The Labute approximate surface area is 98.8 Å². The standard InChI is InChI=1S/C12H15F2NO2/c1-3-11(12(16)17-2)15-7-8-6-9(13)4-5-10(8)14/h4-6,11,15H,3,7H2,1-2H3. The van der Waals surface area contributed by atoms with Crippen molar-refractivity contribution in [3.63, 3.8) is 0 Å². The molecule has 0 bridgehead atoms. The largest absolute Gasteiger partial charge is 0.468 e. The van der Waals surface area contributed by atoms with Crippen molar-refractivity contribution in [2.24, 2.45) is 0 Å². The van der Waals surface area contributed by atoms with E-state index in [1.54, 1.807) is 6.92 Å². The van der Waals surface area contributed by atoms with E-state index in [0.717, 1.165) is 18.2 Å². The van der Waals surface area contributed by atoms with Gasteiger partial charge >= 0.3 is 5.97 Å². The summed E-state index contributed by atoms with van der Waals surface area (Å²) >= 11 is 0. The van der Waals surface area contributed by atoms with Gasteiger partial charge < -0.3 is 10.1 Å². The maximum atomic E-state index is 13.3. The summed E-state index contributed by atoms with van der Waals surface area (Å²) in [6, 6.07) is 2.71. The lowest BCUT2D eigenvalue weighted by Gasteiger charge is -2.14. The van der Waals surface area contributed by atoms with Gasteiger partial charge in [-0.2, -0.15) is 0 Å². The monoisotopic (exact) mass is 243 g/mol. The minimum Gasteiger partial charge on any atom is -0.468 e. The number of hydrogen-bond donors (Lipinski definition) is 1. The molecule has 0 aromatic heterocycles. The van der Waals surface area contributed by atoms with Gasteiger partial charge in [0.25, 0.3) is 0 Å². The Hall–Kier alpha value is -1.49. The zero-order valence-electron chi connectivity index (χ0n) is 9.80. The molecule has 5 heteroatoms. The Kier molecular flexibility index (Phi) is 5.03. The van der Waals surface area contributed by atoms with E-state index < -0.39 is 23.6 Å². The Morgan fingerprint density at radius 3 is 2.76 bits per heavy atom. The Morgan fingerprint density at radius 2 is 2.18 bits per heavy atom. The summed E-state index contributed by atoms with van der Waals surface area (Å²) in [5, 5.41) is 2.82. The summed E-state index contributed by atoms with van der Waals surface area (Å²) in [4.78, 5) is 11.3. The number of ether oxygens (including phenoxy) is 1. The molecule has 1 rings (SSSR count). The van der Waals surface area contributed by atoms with Crippen molar-refractivity contribution in [1.29, 1.82) is 0 Å². The number of carbonyl (C=O) groups excluding carboxylic acids is 1. The minimum absolute atomic E-state index is 0.0806. The van der Waals surface area contributed by atoms with Gasteiger partial charge in [-0.15, -0.1) is 0 Å². The van der Waals surface area contributed by atoms with Crippen molar-refractivity contribution >= 4 is 5.97 Å². The first-order valence-electron chi connectivity index (χ1n) is 5.33. The van der Waals surface area contributed by atoms with Crippen LogP contribution in [0.4, 0.5) is 8.78 Å². The highest BCUT2D eigenvalue weighted by atomic mass is 19.1. The van der Waals surface area contributed by atoms with Gasteiger partial charge in [-0.25, -0.2) is 8.78 Å². The molecule has 0 saturated carbocycles. The first kappa shape index (κ1) is 13.6. The number of hydrogen-bond acceptors (Lipinski definition) is 3. The van der Waals surface area contributed by atoms with Crippen molar-refractivity contribution in [2.75, 3.05) is 7.11 Å². The minimum atomic E-state index is -0.511. The summed E-state index contributed by atoms with van der Waals surface area (Å²) in [6.45, 7) is 1.88. The third-order valence-corrected chi connectivity index (χ3v) is 2.44. The molecule has 1 N–H and O–H groups in total. The molecule has 94 valence electrons. The number of methoxy groups -OCH3 is 1. The van der Waals surface area contributed by atoms with Crippen LogP contribution in [0.25, 0.3) is 0 Å². The third-order valence-electron chi connectivity index (χ3n) is 2.44. The fourth-order valence-corrected chi connectivity index (χ4v) is 1.45. The Bertz CT molecular complexity index is 396. The van der Waals surface area contributed by atoms with Crippen molar-refractivity contribution < 1.29 is 18.3 Å². The van der Waals surface area contributed by atoms with Gasteiger partial charge in [0.1, 0.15) is 17.7 Å². The van der Waals surface area contributed by atoms with Gasteiger partial charge in [0, 0.05) is 12.1 Å². The highest BCUT2D eigenvalue weighted by Gasteiger charge is 2.16. The Balaban J connectivity index is 2.65. The van der Waals surface area contributed by atoms with Crippen molar-refractivity contribution in [3.8, 4) is 0 Å². The lowest BCUT2D eigenvalue weighted by Crippen LogP contribution is -2.36. The van der Waals surface area contributed by atoms with Crippen LogP contribution in [0.3, 0.4) is 0 Å². The number of benzene rings is 1. The average molecular weight is 243 g/mol. The molecule has 1 atom stereocenters. The number of halogens is 2. The summed E-state index contributed by atoms with van der Waals surface area (Å²) in [5.41, 5.74) is 0.187. The molecule has 0 aliphatic rings. The SMILES string of the molecule is CCC(NCc1cc(F)ccc1F)C(=O)OC. The second-order valence-corrected chi connectivity index (χ2v) is 3.60. The number of nitrogens with one attached hydrogen (secondary N) is 1. The fourth-order valence-electron chi connectivity index (χ4n) is 1.45. The predicted octanol–water partition coefficient (Wildman–Crippen LogP) is 2.01. The number of esters is 1. The maximum Gasteiger partial charge on any atom is 0.322 e. The highest BCUT2D eigenvalue weighted by Crippen LogP contribution is 2.10. The van der Waals surface area contributed by atoms with Crippen molar-refractivity contribution in [3.05, 3.63) is 35.4 Å². The molecule has 0 amide bonds. The predicted molar refractivity (Wildman–Crippen MR) is 59.3 cm³/mol. The van der Waals surface area contributed by atoms with Gasteiger partial charge in [-0.3, -0.25) is 4.79 Å². The molecule has 1 aromatic carbocycles. The lowest BCUT2D eigenvalue weighted by molar-refractivity contribution is -0.143. The van der Waals surface area contributed by atoms with Crippen LogP contribution in [0.15, 0.2) is 18.2 Å². The van der Waals surface area contributed by atoms with Crippen molar-refractivity contribution in [2.45, 2.75) is 25.9 Å². The van der Waals surface area contributed by atoms with Crippen LogP contribution < -0.4 is 5.32 Å².